The van der Waals surface area contributed by atoms with Crippen LogP contribution in [0.3, 0.4) is 0 Å². The van der Waals surface area contributed by atoms with Crippen LogP contribution in [0.1, 0.15) is 24.8 Å². The van der Waals surface area contributed by atoms with Crippen molar-refractivity contribution in [1.29, 1.82) is 0 Å². The van der Waals surface area contributed by atoms with E-state index in [0.29, 0.717) is 0 Å². The summed E-state index contributed by atoms with van der Waals surface area (Å²) >= 11 is 1.81. The predicted octanol–water partition coefficient (Wildman–Crippen LogP) is 3.34. The van der Waals surface area contributed by atoms with Gasteiger partial charge >= 0.3 is 0 Å². The monoisotopic (exact) mass is 235 g/mol. The topological polar surface area (TPSA) is 12.0 Å². The molecule has 1 saturated heterocycles. The smallest absolute Gasteiger partial charge is 0.00693 e. The third-order valence-corrected chi connectivity index (χ3v) is 4.14. The van der Waals surface area contributed by atoms with Gasteiger partial charge < -0.3 is 5.32 Å². The van der Waals surface area contributed by atoms with Crippen LogP contribution in [0, 0.1) is 5.92 Å². The van der Waals surface area contributed by atoms with Gasteiger partial charge in [0.15, 0.2) is 0 Å². The molecule has 0 radical (unpaired) electrons. The van der Waals surface area contributed by atoms with Crippen molar-refractivity contribution in [3.05, 3.63) is 29.8 Å². The number of nitrogens with one attached hydrogen (secondary N) is 1. The molecule has 1 aliphatic heterocycles. The summed E-state index contributed by atoms with van der Waals surface area (Å²) in [4.78, 5) is 1.36. The Labute approximate surface area is 103 Å². The summed E-state index contributed by atoms with van der Waals surface area (Å²) in [5.74, 6) is 0.897. The van der Waals surface area contributed by atoms with Gasteiger partial charge in [-0.3, -0.25) is 0 Å². The van der Waals surface area contributed by atoms with E-state index in [2.05, 4.69) is 35.8 Å². The number of rotatable bonds is 4. The van der Waals surface area contributed by atoms with Crippen LogP contribution in [-0.4, -0.2) is 19.3 Å². The number of piperidine rings is 1. The molecular formula is C14H21NS. The van der Waals surface area contributed by atoms with Crippen LogP contribution in [0.25, 0.3) is 0 Å². The molecule has 88 valence electrons. The molecule has 0 aromatic heterocycles. The fourth-order valence-corrected chi connectivity index (χ4v) is 2.74. The number of thioether (sulfide) groups is 1. The SMILES string of the molecule is CSc1ccc(CCC2CCCNC2)cc1. The van der Waals surface area contributed by atoms with Gasteiger partial charge in [0, 0.05) is 4.90 Å². The third kappa shape index (κ3) is 3.53. The maximum absolute atomic E-state index is 3.49. The second-order valence-corrected chi connectivity index (χ2v) is 5.48. The normalized spacial score (nSPS) is 20.9. The first-order valence-corrected chi connectivity index (χ1v) is 7.44. The van der Waals surface area contributed by atoms with Crippen LogP contribution in [0.15, 0.2) is 29.2 Å². The molecule has 0 spiro atoms. The van der Waals surface area contributed by atoms with Crippen molar-refractivity contribution in [2.75, 3.05) is 19.3 Å². The van der Waals surface area contributed by atoms with Gasteiger partial charge in [0.25, 0.3) is 0 Å². The van der Waals surface area contributed by atoms with Crippen molar-refractivity contribution in [2.45, 2.75) is 30.6 Å². The van der Waals surface area contributed by atoms with Gasteiger partial charge in [0.1, 0.15) is 0 Å². The lowest BCUT2D eigenvalue weighted by molar-refractivity contribution is 0.358. The highest BCUT2D eigenvalue weighted by molar-refractivity contribution is 7.98. The van der Waals surface area contributed by atoms with Crippen LogP contribution in [0.5, 0.6) is 0 Å². The molecule has 1 atom stereocenters. The first kappa shape index (κ1) is 12.0. The Morgan fingerprint density at radius 2 is 2.12 bits per heavy atom. The van der Waals surface area contributed by atoms with Gasteiger partial charge in [-0.05, 0) is 68.6 Å². The lowest BCUT2D eigenvalue weighted by Gasteiger charge is -2.22. The van der Waals surface area contributed by atoms with E-state index in [1.807, 2.05) is 11.8 Å². The highest BCUT2D eigenvalue weighted by Gasteiger charge is 2.12. The van der Waals surface area contributed by atoms with Gasteiger partial charge in [-0.15, -0.1) is 11.8 Å². The quantitative estimate of drug-likeness (QED) is 0.803. The van der Waals surface area contributed by atoms with Crippen molar-refractivity contribution in [1.82, 2.24) is 5.32 Å². The fraction of sp³-hybridized carbons (Fsp3) is 0.571. The van der Waals surface area contributed by atoms with E-state index in [1.165, 1.54) is 49.2 Å². The molecule has 0 bridgehead atoms. The molecule has 0 saturated carbocycles. The zero-order chi connectivity index (χ0) is 11.2. The molecule has 1 fully saturated rings. The molecule has 2 heteroatoms. The van der Waals surface area contributed by atoms with E-state index in [1.54, 1.807) is 0 Å². The van der Waals surface area contributed by atoms with Crippen LogP contribution in [0.2, 0.25) is 0 Å². The van der Waals surface area contributed by atoms with Crippen molar-refractivity contribution in [3.63, 3.8) is 0 Å². The molecule has 1 aromatic carbocycles. The first-order valence-electron chi connectivity index (χ1n) is 6.22. The third-order valence-electron chi connectivity index (χ3n) is 3.40. The van der Waals surface area contributed by atoms with E-state index in [0.717, 1.165) is 5.92 Å². The molecule has 1 unspecified atom stereocenters. The molecule has 0 aliphatic carbocycles. The van der Waals surface area contributed by atoms with Gasteiger partial charge in [0.2, 0.25) is 0 Å². The molecule has 1 heterocycles. The molecule has 2 rings (SSSR count). The second-order valence-electron chi connectivity index (χ2n) is 4.60. The average molecular weight is 235 g/mol. The molecule has 1 aliphatic rings. The number of benzene rings is 1. The fourth-order valence-electron chi connectivity index (χ4n) is 2.33. The van der Waals surface area contributed by atoms with Crippen molar-refractivity contribution >= 4 is 11.8 Å². The minimum atomic E-state index is 0.897. The van der Waals surface area contributed by atoms with Gasteiger partial charge in [-0.25, -0.2) is 0 Å². The zero-order valence-corrected chi connectivity index (χ0v) is 10.9. The summed E-state index contributed by atoms with van der Waals surface area (Å²) in [6.07, 6.45) is 7.47. The Balaban J connectivity index is 1.79. The Morgan fingerprint density at radius 1 is 1.31 bits per heavy atom. The summed E-state index contributed by atoms with van der Waals surface area (Å²) in [5, 5.41) is 3.49. The second kappa shape index (κ2) is 6.31. The molecule has 16 heavy (non-hydrogen) atoms. The van der Waals surface area contributed by atoms with E-state index < -0.39 is 0 Å². The summed E-state index contributed by atoms with van der Waals surface area (Å²) in [6, 6.07) is 9.03. The average Bonchev–Trinajstić information content (AvgIpc) is 2.38. The first-order chi connectivity index (χ1) is 7.88. The highest BCUT2D eigenvalue weighted by atomic mass is 32.2. The van der Waals surface area contributed by atoms with Crippen molar-refractivity contribution < 1.29 is 0 Å². The van der Waals surface area contributed by atoms with Crippen LogP contribution < -0.4 is 5.32 Å². The Morgan fingerprint density at radius 3 is 2.75 bits per heavy atom. The minimum absolute atomic E-state index is 0.897. The zero-order valence-electron chi connectivity index (χ0n) is 10.0. The summed E-state index contributed by atoms with van der Waals surface area (Å²) in [5.41, 5.74) is 1.49. The number of aryl methyl sites for hydroxylation is 1. The largest absolute Gasteiger partial charge is 0.316 e. The van der Waals surface area contributed by atoms with Crippen LogP contribution in [-0.2, 0) is 6.42 Å². The number of hydrogen-bond donors (Lipinski definition) is 1. The molecular weight excluding hydrogens is 214 g/mol. The minimum Gasteiger partial charge on any atom is -0.316 e. The van der Waals surface area contributed by atoms with Crippen LogP contribution >= 0.6 is 11.8 Å². The van der Waals surface area contributed by atoms with Crippen molar-refractivity contribution in [3.8, 4) is 0 Å². The predicted molar refractivity (Wildman–Crippen MR) is 72.1 cm³/mol. The molecule has 1 N–H and O–H groups in total. The van der Waals surface area contributed by atoms with E-state index in [9.17, 15) is 0 Å². The number of hydrogen-bond acceptors (Lipinski definition) is 2. The maximum atomic E-state index is 3.49. The summed E-state index contributed by atoms with van der Waals surface area (Å²) in [7, 11) is 0. The molecule has 1 nitrogen and oxygen atoms in total. The summed E-state index contributed by atoms with van der Waals surface area (Å²) < 4.78 is 0. The van der Waals surface area contributed by atoms with E-state index in [-0.39, 0.29) is 0 Å². The lowest BCUT2D eigenvalue weighted by Crippen LogP contribution is -2.29. The molecule has 1 aromatic rings. The Hall–Kier alpha value is -0.470. The van der Waals surface area contributed by atoms with Gasteiger partial charge in [-0.1, -0.05) is 12.1 Å². The highest BCUT2D eigenvalue weighted by Crippen LogP contribution is 2.19. The van der Waals surface area contributed by atoms with Gasteiger partial charge in [0.05, 0.1) is 0 Å². The standard InChI is InChI=1S/C14H21NS/c1-16-14-8-6-12(7-9-14)4-5-13-3-2-10-15-11-13/h6-9,13,15H,2-5,10-11H2,1H3. The van der Waals surface area contributed by atoms with E-state index in [4.69, 9.17) is 0 Å². The van der Waals surface area contributed by atoms with E-state index >= 15 is 0 Å². The van der Waals surface area contributed by atoms with Crippen molar-refractivity contribution in [2.24, 2.45) is 5.92 Å². The van der Waals surface area contributed by atoms with Crippen LogP contribution in [0.4, 0.5) is 0 Å². The summed E-state index contributed by atoms with van der Waals surface area (Å²) in [6.45, 7) is 2.45. The Bertz CT molecular complexity index is 301. The lowest BCUT2D eigenvalue weighted by atomic mass is 9.93. The molecule has 0 amide bonds. The Kier molecular flexibility index (Phi) is 4.73. The van der Waals surface area contributed by atoms with Gasteiger partial charge in [-0.2, -0.15) is 0 Å². The maximum Gasteiger partial charge on any atom is 0.00693 e.